The molecular formula is C24H25N2O3P. The van der Waals surface area contributed by atoms with E-state index in [-0.39, 0.29) is 6.29 Å². The molecule has 0 spiro atoms. The Morgan fingerprint density at radius 1 is 0.800 bits per heavy atom. The minimum atomic E-state index is -3.36. The van der Waals surface area contributed by atoms with Crippen molar-refractivity contribution in [2.45, 2.75) is 13.8 Å². The first-order valence-electron chi connectivity index (χ1n) is 10.1. The highest BCUT2D eigenvalue weighted by molar-refractivity contribution is 7.54. The number of pyridine rings is 1. The van der Waals surface area contributed by atoms with Crippen LogP contribution in [0, 0.1) is 0 Å². The summed E-state index contributed by atoms with van der Waals surface area (Å²) in [6.45, 7) is 4.27. The van der Waals surface area contributed by atoms with Crippen LogP contribution in [0.1, 0.15) is 13.8 Å². The Morgan fingerprint density at radius 3 is 2.23 bits per heavy atom. The van der Waals surface area contributed by atoms with E-state index in [0.717, 1.165) is 27.4 Å². The maximum absolute atomic E-state index is 13.5. The highest BCUT2D eigenvalue weighted by atomic mass is 31.2. The van der Waals surface area contributed by atoms with Gasteiger partial charge in [0.05, 0.1) is 24.4 Å². The number of fused-ring (bicyclic) bond motifs is 2. The molecule has 0 N–H and O–H groups in total. The first-order valence-corrected chi connectivity index (χ1v) is 11.9. The van der Waals surface area contributed by atoms with Gasteiger partial charge in [-0.25, -0.2) is 4.98 Å². The lowest BCUT2D eigenvalue weighted by molar-refractivity contribution is 0.220. The Bertz CT molecular complexity index is 1200. The largest absolute Gasteiger partial charge is 0.350 e. The summed E-state index contributed by atoms with van der Waals surface area (Å²) in [5.41, 5.74) is 1.79. The van der Waals surface area contributed by atoms with E-state index < -0.39 is 7.60 Å². The van der Waals surface area contributed by atoms with Crippen molar-refractivity contribution < 1.29 is 13.6 Å². The van der Waals surface area contributed by atoms with Crippen LogP contribution in [0.4, 0.5) is 11.5 Å². The summed E-state index contributed by atoms with van der Waals surface area (Å²) in [4.78, 5) is 6.80. The topological polar surface area (TPSA) is 51.7 Å². The summed E-state index contributed by atoms with van der Waals surface area (Å²) in [7, 11) is -3.36. The third-order valence-corrected chi connectivity index (χ3v) is 6.82. The first kappa shape index (κ1) is 20.5. The zero-order valence-electron chi connectivity index (χ0n) is 17.2. The highest BCUT2D eigenvalue weighted by Gasteiger charge is 2.29. The van der Waals surface area contributed by atoms with E-state index in [4.69, 9.17) is 14.0 Å². The summed E-state index contributed by atoms with van der Waals surface area (Å²) < 4.78 is 24.7. The molecule has 0 unspecified atom stereocenters. The third-order valence-electron chi connectivity index (χ3n) is 4.88. The molecule has 0 saturated heterocycles. The summed E-state index contributed by atoms with van der Waals surface area (Å²) in [5, 5.41) is 3.20. The molecule has 4 rings (SSSR count). The van der Waals surface area contributed by atoms with Crippen molar-refractivity contribution >= 4 is 40.8 Å². The fourth-order valence-electron chi connectivity index (χ4n) is 3.61. The molecule has 5 nitrogen and oxygen atoms in total. The van der Waals surface area contributed by atoms with Crippen molar-refractivity contribution in [3.8, 4) is 0 Å². The molecule has 0 aliphatic heterocycles. The maximum Gasteiger partial charge on any atom is 0.350 e. The van der Waals surface area contributed by atoms with E-state index in [1.54, 1.807) is 0 Å². The summed E-state index contributed by atoms with van der Waals surface area (Å²) in [6, 6.07) is 26.2. The second-order valence-corrected chi connectivity index (χ2v) is 8.90. The molecule has 0 atom stereocenters. The zero-order chi connectivity index (χ0) is 21.0. The van der Waals surface area contributed by atoms with Crippen LogP contribution in [0.3, 0.4) is 0 Å². The second-order valence-electron chi connectivity index (χ2n) is 6.88. The predicted octanol–water partition coefficient (Wildman–Crippen LogP) is 6.75. The molecule has 3 aromatic carbocycles. The Labute approximate surface area is 176 Å². The lowest BCUT2D eigenvalue weighted by atomic mass is 10.1. The molecule has 0 aliphatic carbocycles. The quantitative estimate of drug-likeness (QED) is 0.295. The van der Waals surface area contributed by atoms with Crippen molar-refractivity contribution in [1.29, 1.82) is 0 Å². The molecule has 0 saturated carbocycles. The monoisotopic (exact) mass is 420 g/mol. The number of hydrogen-bond acceptors (Lipinski definition) is 5. The lowest BCUT2D eigenvalue weighted by Crippen LogP contribution is -2.22. The van der Waals surface area contributed by atoms with Crippen LogP contribution in [0.5, 0.6) is 0 Å². The van der Waals surface area contributed by atoms with Crippen LogP contribution < -0.4 is 4.90 Å². The SMILES string of the molecule is CCOP(=O)(CN(c1ccc2ccccc2n1)c1cccc2ccccc12)OCC. The smallest absolute Gasteiger partial charge is 0.314 e. The van der Waals surface area contributed by atoms with Gasteiger partial charge < -0.3 is 13.9 Å². The molecule has 1 aromatic heterocycles. The van der Waals surface area contributed by atoms with Crippen LogP contribution >= 0.6 is 7.60 Å². The van der Waals surface area contributed by atoms with Gasteiger partial charge in [-0.3, -0.25) is 4.57 Å². The van der Waals surface area contributed by atoms with Crippen LogP contribution in [0.2, 0.25) is 0 Å². The van der Waals surface area contributed by atoms with Crippen molar-refractivity contribution in [3.63, 3.8) is 0 Å². The van der Waals surface area contributed by atoms with Crippen LogP contribution in [-0.4, -0.2) is 24.5 Å². The molecular weight excluding hydrogens is 395 g/mol. The van der Waals surface area contributed by atoms with Crippen molar-refractivity contribution in [1.82, 2.24) is 4.98 Å². The molecule has 0 bridgehead atoms. The van der Waals surface area contributed by atoms with Gasteiger partial charge in [0.1, 0.15) is 12.1 Å². The van der Waals surface area contributed by atoms with E-state index in [1.165, 1.54) is 0 Å². The number of benzene rings is 3. The summed E-state index contributed by atoms with van der Waals surface area (Å²) >= 11 is 0. The molecule has 4 aromatic rings. The van der Waals surface area contributed by atoms with E-state index >= 15 is 0 Å². The van der Waals surface area contributed by atoms with Gasteiger partial charge in [0, 0.05) is 10.8 Å². The van der Waals surface area contributed by atoms with Crippen molar-refractivity contribution in [2.24, 2.45) is 0 Å². The van der Waals surface area contributed by atoms with Crippen LogP contribution in [-0.2, 0) is 13.6 Å². The highest BCUT2D eigenvalue weighted by Crippen LogP contribution is 2.51. The van der Waals surface area contributed by atoms with Crippen LogP contribution in [0.15, 0.2) is 78.9 Å². The van der Waals surface area contributed by atoms with Gasteiger partial charge in [-0.15, -0.1) is 0 Å². The molecule has 6 heteroatoms. The Kier molecular flexibility index (Phi) is 6.14. The minimum Gasteiger partial charge on any atom is -0.314 e. The number of hydrogen-bond donors (Lipinski definition) is 0. The van der Waals surface area contributed by atoms with Gasteiger partial charge in [-0.1, -0.05) is 54.6 Å². The van der Waals surface area contributed by atoms with E-state index in [1.807, 2.05) is 79.4 Å². The number of para-hydroxylation sites is 1. The Morgan fingerprint density at radius 2 is 1.47 bits per heavy atom. The first-order chi connectivity index (χ1) is 14.6. The van der Waals surface area contributed by atoms with Crippen LogP contribution in [0.25, 0.3) is 21.7 Å². The van der Waals surface area contributed by atoms with Gasteiger partial charge in [-0.2, -0.15) is 0 Å². The lowest BCUT2D eigenvalue weighted by Gasteiger charge is -2.29. The number of nitrogens with zero attached hydrogens (tertiary/aromatic N) is 2. The number of anilines is 2. The average molecular weight is 420 g/mol. The van der Waals surface area contributed by atoms with Gasteiger partial charge in [0.2, 0.25) is 0 Å². The summed E-state index contributed by atoms with van der Waals surface area (Å²) in [6.07, 6.45) is 0.0774. The van der Waals surface area contributed by atoms with E-state index in [9.17, 15) is 4.57 Å². The number of rotatable bonds is 8. The molecule has 0 amide bonds. The van der Waals surface area contributed by atoms with Gasteiger partial charge >= 0.3 is 7.60 Å². The Hall–Kier alpha value is -2.72. The molecule has 1 heterocycles. The number of aromatic nitrogens is 1. The predicted molar refractivity (Wildman–Crippen MR) is 124 cm³/mol. The zero-order valence-corrected chi connectivity index (χ0v) is 18.1. The average Bonchev–Trinajstić information content (AvgIpc) is 2.77. The molecule has 0 radical (unpaired) electrons. The van der Waals surface area contributed by atoms with Crippen molar-refractivity contribution in [3.05, 3.63) is 78.9 Å². The molecule has 30 heavy (non-hydrogen) atoms. The maximum atomic E-state index is 13.5. The fraction of sp³-hybridized carbons (Fsp3) is 0.208. The minimum absolute atomic E-state index is 0.0774. The van der Waals surface area contributed by atoms with Gasteiger partial charge in [-0.05, 0) is 43.5 Å². The van der Waals surface area contributed by atoms with Gasteiger partial charge in [0.15, 0.2) is 0 Å². The van der Waals surface area contributed by atoms with Crippen molar-refractivity contribution in [2.75, 3.05) is 24.4 Å². The third kappa shape index (κ3) is 4.24. The van der Waals surface area contributed by atoms with Gasteiger partial charge in [0.25, 0.3) is 0 Å². The molecule has 154 valence electrons. The Balaban J connectivity index is 1.88. The fourth-order valence-corrected chi connectivity index (χ4v) is 5.28. The second kappa shape index (κ2) is 8.97. The summed E-state index contributed by atoms with van der Waals surface area (Å²) in [5.74, 6) is 0.699. The van der Waals surface area contributed by atoms with E-state index in [2.05, 4.69) is 18.2 Å². The molecule has 0 aliphatic rings. The molecule has 0 fully saturated rings. The normalized spacial score (nSPS) is 11.8. The van der Waals surface area contributed by atoms with E-state index in [0.29, 0.717) is 19.0 Å². The standard InChI is InChI=1S/C24H25N2O3P/c1-3-28-30(27,29-4-2)18-26(23-15-9-12-19-10-5-7-13-21(19)23)24-17-16-20-11-6-8-14-22(20)25-24/h5-17H,3-4,18H2,1-2H3.